The second-order valence-electron chi connectivity index (χ2n) is 6.03. The molecule has 1 aliphatic rings. The van der Waals surface area contributed by atoms with Gasteiger partial charge in [-0.15, -0.1) is 0 Å². The van der Waals surface area contributed by atoms with Crippen LogP contribution in [0.3, 0.4) is 0 Å². The lowest BCUT2D eigenvalue weighted by atomic mass is 10.1. The molecule has 2 aromatic heterocycles. The van der Waals surface area contributed by atoms with Gasteiger partial charge in [0, 0.05) is 24.8 Å². The van der Waals surface area contributed by atoms with Crippen molar-refractivity contribution in [3.8, 4) is 11.1 Å². The number of rotatable bonds is 0. The molecule has 0 unspecified atom stereocenters. The van der Waals surface area contributed by atoms with E-state index >= 15 is 0 Å². The number of ether oxygens (including phenoxy) is 1. The van der Waals surface area contributed by atoms with Gasteiger partial charge < -0.3 is 10.1 Å². The first-order chi connectivity index (χ1) is 12.6. The second kappa shape index (κ2) is 7.02. The minimum Gasteiger partial charge on any atom is -0.376 e. The van der Waals surface area contributed by atoms with E-state index in [2.05, 4.69) is 20.1 Å². The highest BCUT2D eigenvalue weighted by atomic mass is 32.2. The molecule has 3 heterocycles. The molecule has 0 saturated carbocycles. The summed E-state index contributed by atoms with van der Waals surface area (Å²) in [7, 11) is -3.36. The summed E-state index contributed by atoms with van der Waals surface area (Å²) >= 11 is 0. The van der Waals surface area contributed by atoms with Crippen LogP contribution in [0.15, 0.2) is 42.7 Å². The molecule has 0 fully saturated rings. The van der Waals surface area contributed by atoms with Crippen molar-refractivity contribution in [1.29, 1.82) is 0 Å². The molecule has 1 aromatic carbocycles. The third kappa shape index (κ3) is 3.69. The normalized spacial score (nSPS) is 17.8. The number of fused-ring (bicyclic) bond motifs is 4. The van der Waals surface area contributed by atoms with Crippen molar-refractivity contribution in [3.63, 3.8) is 0 Å². The van der Waals surface area contributed by atoms with Crippen molar-refractivity contribution >= 4 is 21.5 Å². The number of hydrogen-bond acceptors (Lipinski definition) is 6. The van der Waals surface area contributed by atoms with Gasteiger partial charge in [-0.05, 0) is 23.3 Å². The van der Waals surface area contributed by atoms with Crippen molar-refractivity contribution in [2.45, 2.75) is 6.61 Å². The molecule has 4 bridgehead atoms. The first-order valence-electron chi connectivity index (χ1n) is 8.33. The van der Waals surface area contributed by atoms with Crippen LogP contribution in [0.25, 0.3) is 16.8 Å². The number of hydrogen-bond donors (Lipinski definition) is 2. The van der Waals surface area contributed by atoms with Crippen molar-refractivity contribution < 1.29 is 13.2 Å². The Hall–Kier alpha value is -2.49. The molecular formula is C17H19N5O3S. The molecule has 0 spiro atoms. The van der Waals surface area contributed by atoms with Crippen molar-refractivity contribution in [2.75, 3.05) is 30.8 Å². The minimum absolute atomic E-state index is 0.0650. The average Bonchev–Trinajstić information content (AvgIpc) is 3.05. The maximum atomic E-state index is 12.0. The number of nitrogens with zero attached hydrogens (tertiary/aromatic N) is 3. The number of sulfonamides is 1. The van der Waals surface area contributed by atoms with Gasteiger partial charge in [-0.3, -0.25) is 0 Å². The largest absolute Gasteiger partial charge is 0.376 e. The zero-order chi connectivity index (χ0) is 18.0. The number of nitrogens with one attached hydrogen (secondary N) is 2. The van der Waals surface area contributed by atoms with Gasteiger partial charge in [0.25, 0.3) is 0 Å². The topological polar surface area (TPSA) is 97.6 Å². The van der Waals surface area contributed by atoms with Gasteiger partial charge in [0.05, 0.1) is 25.2 Å². The van der Waals surface area contributed by atoms with Gasteiger partial charge in [0.1, 0.15) is 5.82 Å². The zero-order valence-corrected chi connectivity index (χ0v) is 14.9. The first-order valence-corrected chi connectivity index (χ1v) is 9.99. The molecule has 9 heteroatoms. The van der Waals surface area contributed by atoms with E-state index < -0.39 is 10.0 Å². The molecule has 3 aromatic rings. The highest BCUT2D eigenvalue weighted by Crippen LogP contribution is 2.25. The van der Waals surface area contributed by atoms with E-state index in [1.54, 1.807) is 10.7 Å². The molecule has 0 amide bonds. The highest BCUT2D eigenvalue weighted by molar-refractivity contribution is 7.89. The van der Waals surface area contributed by atoms with Crippen LogP contribution in [-0.4, -0.2) is 48.5 Å². The summed E-state index contributed by atoms with van der Waals surface area (Å²) in [5.74, 6) is 0.606. The Morgan fingerprint density at radius 2 is 2.12 bits per heavy atom. The summed E-state index contributed by atoms with van der Waals surface area (Å²) in [6.45, 7) is 1.21. The minimum atomic E-state index is -3.36. The van der Waals surface area contributed by atoms with Crippen molar-refractivity contribution in [2.24, 2.45) is 0 Å². The molecule has 0 radical (unpaired) electrons. The lowest BCUT2D eigenvalue weighted by Crippen LogP contribution is -2.32. The Morgan fingerprint density at radius 3 is 3.04 bits per heavy atom. The highest BCUT2D eigenvalue weighted by Gasteiger charge is 2.12. The van der Waals surface area contributed by atoms with Gasteiger partial charge in [-0.2, -0.15) is 5.10 Å². The van der Waals surface area contributed by atoms with Crippen LogP contribution in [0, 0.1) is 0 Å². The van der Waals surface area contributed by atoms with Gasteiger partial charge >= 0.3 is 0 Å². The predicted molar refractivity (Wildman–Crippen MR) is 98.4 cm³/mol. The van der Waals surface area contributed by atoms with Crippen LogP contribution in [0.5, 0.6) is 0 Å². The first kappa shape index (κ1) is 17.0. The maximum Gasteiger partial charge on any atom is 0.213 e. The fourth-order valence-electron chi connectivity index (χ4n) is 2.83. The maximum absolute atomic E-state index is 12.0. The molecular weight excluding hydrogens is 354 g/mol. The Kier molecular flexibility index (Phi) is 4.58. The van der Waals surface area contributed by atoms with Crippen LogP contribution in [0.2, 0.25) is 0 Å². The molecule has 2 N–H and O–H groups in total. The summed E-state index contributed by atoms with van der Waals surface area (Å²) in [6.07, 6.45) is 3.62. The number of aromatic nitrogens is 3. The van der Waals surface area contributed by atoms with Gasteiger partial charge in [0.15, 0.2) is 5.65 Å². The van der Waals surface area contributed by atoms with E-state index in [-0.39, 0.29) is 18.9 Å². The third-order valence-electron chi connectivity index (χ3n) is 4.13. The van der Waals surface area contributed by atoms with E-state index in [1.165, 1.54) is 0 Å². The Labute approximate surface area is 151 Å². The quantitative estimate of drug-likeness (QED) is 0.616. The summed E-state index contributed by atoms with van der Waals surface area (Å²) in [4.78, 5) is 4.62. The summed E-state index contributed by atoms with van der Waals surface area (Å²) in [5, 5.41) is 7.49. The summed E-state index contributed by atoms with van der Waals surface area (Å²) < 4.78 is 33.7. The van der Waals surface area contributed by atoms with Gasteiger partial charge in [-0.1, -0.05) is 18.2 Å². The number of benzene rings is 1. The van der Waals surface area contributed by atoms with E-state index in [0.29, 0.717) is 19.0 Å². The van der Waals surface area contributed by atoms with E-state index in [9.17, 15) is 8.42 Å². The lowest BCUT2D eigenvalue weighted by molar-refractivity contribution is 0.135. The van der Waals surface area contributed by atoms with Crippen LogP contribution in [0.1, 0.15) is 5.56 Å². The lowest BCUT2D eigenvalue weighted by Gasteiger charge is -2.11. The van der Waals surface area contributed by atoms with E-state index in [4.69, 9.17) is 4.74 Å². The molecule has 136 valence electrons. The fraction of sp³-hybridized carbons (Fsp3) is 0.294. The Balaban J connectivity index is 1.73. The predicted octanol–water partition coefficient (Wildman–Crippen LogP) is 1.26. The van der Waals surface area contributed by atoms with Crippen LogP contribution in [-0.2, 0) is 21.4 Å². The van der Waals surface area contributed by atoms with Crippen molar-refractivity contribution in [3.05, 3.63) is 48.3 Å². The molecule has 1 aliphatic heterocycles. The van der Waals surface area contributed by atoms with E-state index in [1.807, 2.05) is 36.5 Å². The third-order valence-corrected chi connectivity index (χ3v) is 5.47. The molecule has 8 nitrogen and oxygen atoms in total. The average molecular weight is 373 g/mol. The van der Waals surface area contributed by atoms with E-state index in [0.717, 1.165) is 22.3 Å². The molecule has 0 saturated heterocycles. The van der Waals surface area contributed by atoms with Crippen molar-refractivity contribution in [1.82, 2.24) is 19.3 Å². The van der Waals surface area contributed by atoms with Crippen LogP contribution >= 0.6 is 0 Å². The monoisotopic (exact) mass is 373 g/mol. The zero-order valence-electron chi connectivity index (χ0n) is 14.1. The summed E-state index contributed by atoms with van der Waals surface area (Å²) in [5.41, 5.74) is 3.63. The van der Waals surface area contributed by atoms with Gasteiger partial charge in [0.2, 0.25) is 10.0 Å². The molecule has 26 heavy (non-hydrogen) atoms. The SMILES string of the molecule is O=S1(=O)CCOCc2cccc(c2)-c2cnn3ccc(nc23)NCCN1. The second-order valence-corrected chi connectivity index (χ2v) is 7.96. The molecule has 4 rings (SSSR count). The summed E-state index contributed by atoms with van der Waals surface area (Å²) in [6, 6.07) is 9.72. The smallest absolute Gasteiger partial charge is 0.213 e. The van der Waals surface area contributed by atoms with Crippen LogP contribution < -0.4 is 10.0 Å². The molecule has 0 atom stereocenters. The Bertz CT molecular complexity index is 1030. The Morgan fingerprint density at radius 1 is 1.19 bits per heavy atom. The van der Waals surface area contributed by atoms with Gasteiger partial charge in [-0.25, -0.2) is 22.6 Å². The van der Waals surface area contributed by atoms with Crippen LogP contribution in [0.4, 0.5) is 5.82 Å². The fourth-order valence-corrected chi connectivity index (χ4v) is 3.72. The molecule has 0 aliphatic carbocycles. The standard InChI is InChI=1S/C17H19N5O3S/c23-26(24)9-8-25-12-13-2-1-3-14(10-13)15-11-19-22-7-4-16(21-17(15)22)18-5-6-20-26/h1-4,7,10-11,20H,5-6,8-9,12H2,(H,18,21). The number of anilines is 1.